The number of hydrogen-bond acceptors (Lipinski definition) is 2. The fourth-order valence-electron chi connectivity index (χ4n) is 2.38. The Bertz CT molecular complexity index is 751. The van der Waals surface area contributed by atoms with Crippen LogP contribution in [0.15, 0.2) is 60.9 Å². The van der Waals surface area contributed by atoms with Gasteiger partial charge < -0.3 is 9.47 Å². The number of ether oxygens (including phenoxy) is 2. The molecule has 0 atom stereocenters. The monoisotopic (exact) mass is 280 g/mol. The van der Waals surface area contributed by atoms with Crippen molar-refractivity contribution < 1.29 is 14.0 Å². The first-order valence-corrected chi connectivity index (χ1v) is 6.88. The molecule has 3 nitrogen and oxygen atoms in total. The van der Waals surface area contributed by atoms with Crippen molar-refractivity contribution in [3.05, 3.63) is 66.5 Å². The fourth-order valence-corrected chi connectivity index (χ4v) is 2.38. The first-order valence-electron chi connectivity index (χ1n) is 6.88. The Morgan fingerprint density at radius 1 is 0.810 bits per heavy atom. The summed E-state index contributed by atoms with van der Waals surface area (Å²) in [5, 5.41) is 2.38. The van der Waals surface area contributed by atoms with Crippen LogP contribution in [0.1, 0.15) is 5.56 Å². The van der Waals surface area contributed by atoms with Crippen molar-refractivity contribution in [2.45, 2.75) is 6.54 Å². The molecule has 0 fully saturated rings. The molecule has 3 rings (SSSR count). The molecule has 106 valence electrons. The van der Waals surface area contributed by atoms with Gasteiger partial charge in [-0.25, -0.2) is 4.57 Å². The van der Waals surface area contributed by atoms with Crippen molar-refractivity contribution in [2.75, 3.05) is 14.2 Å². The number of nitrogens with zero attached hydrogens (tertiary/aromatic N) is 1. The zero-order valence-electron chi connectivity index (χ0n) is 12.2. The topological polar surface area (TPSA) is 22.3 Å². The van der Waals surface area contributed by atoms with Crippen LogP contribution >= 0.6 is 0 Å². The summed E-state index contributed by atoms with van der Waals surface area (Å²) in [5.74, 6) is 1.77. The third kappa shape index (κ3) is 2.97. The number of hydrogen-bond donors (Lipinski definition) is 0. The fraction of sp³-hybridized carbons (Fsp3) is 0.167. The molecule has 3 heteroatoms. The van der Waals surface area contributed by atoms with Crippen LogP contribution in [0.4, 0.5) is 0 Å². The van der Waals surface area contributed by atoms with Crippen molar-refractivity contribution in [2.24, 2.45) is 0 Å². The maximum atomic E-state index is 5.25. The van der Waals surface area contributed by atoms with Crippen LogP contribution in [-0.4, -0.2) is 14.2 Å². The predicted molar refractivity (Wildman–Crippen MR) is 82.8 cm³/mol. The van der Waals surface area contributed by atoms with E-state index in [1.165, 1.54) is 16.3 Å². The van der Waals surface area contributed by atoms with Crippen LogP contribution < -0.4 is 14.0 Å². The van der Waals surface area contributed by atoms with Gasteiger partial charge in [0.15, 0.2) is 18.9 Å². The van der Waals surface area contributed by atoms with Gasteiger partial charge in [0.05, 0.1) is 14.2 Å². The lowest BCUT2D eigenvalue weighted by Gasteiger charge is -2.03. The highest BCUT2D eigenvalue weighted by Gasteiger charge is 2.06. The van der Waals surface area contributed by atoms with Crippen LogP contribution in [0.3, 0.4) is 0 Å². The minimum absolute atomic E-state index is 0.839. The summed E-state index contributed by atoms with van der Waals surface area (Å²) < 4.78 is 12.6. The average Bonchev–Trinajstić information content (AvgIpc) is 2.55. The highest BCUT2D eigenvalue weighted by atomic mass is 16.5. The van der Waals surface area contributed by atoms with Gasteiger partial charge in [-0.3, -0.25) is 0 Å². The Morgan fingerprint density at radius 2 is 1.52 bits per heavy atom. The smallest absolute Gasteiger partial charge is 0.176 e. The molecule has 2 aromatic carbocycles. The molecular formula is C18H18NO2+. The summed E-state index contributed by atoms with van der Waals surface area (Å²) in [4.78, 5) is 0. The van der Waals surface area contributed by atoms with E-state index in [4.69, 9.17) is 9.47 Å². The second kappa shape index (κ2) is 5.83. The minimum atomic E-state index is 0.839. The summed E-state index contributed by atoms with van der Waals surface area (Å²) in [7, 11) is 3.37. The Morgan fingerprint density at radius 3 is 2.24 bits per heavy atom. The van der Waals surface area contributed by atoms with Gasteiger partial charge in [-0.05, 0) is 47.9 Å². The first-order chi connectivity index (χ1) is 10.3. The van der Waals surface area contributed by atoms with E-state index in [9.17, 15) is 0 Å². The molecule has 21 heavy (non-hydrogen) atoms. The zero-order chi connectivity index (χ0) is 14.7. The van der Waals surface area contributed by atoms with Crippen LogP contribution in [0.5, 0.6) is 11.5 Å². The minimum Gasteiger partial charge on any atom is -0.497 e. The molecule has 0 radical (unpaired) electrons. The van der Waals surface area contributed by atoms with Gasteiger partial charge in [0, 0.05) is 17.0 Å². The van der Waals surface area contributed by atoms with E-state index in [0.29, 0.717) is 0 Å². The normalized spacial score (nSPS) is 10.6. The van der Waals surface area contributed by atoms with Crippen LogP contribution in [0.25, 0.3) is 10.8 Å². The van der Waals surface area contributed by atoms with E-state index >= 15 is 0 Å². The van der Waals surface area contributed by atoms with E-state index in [-0.39, 0.29) is 0 Å². The Kier molecular flexibility index (Phi) is 3.73. The summed E-state index contributed by atoms with van der Waals surface area (Å²) in [5.41, 5.74) is 1.24. The largest absolute Gasteiger partial charge is 0.497 e. The van der Waals surface area contributed by atoms with Crippen molar-refractivity contribution in [1.82, 2.24) is 0 Å². The molecule has 0 unspecified atom stereocenters. The van der Waals surface area contributed by atoms with Gasteiger partial charge in [-0.2, -0.15) is 0 Å². The van der Waals surface area contributed by atoms with Gasteiger partial charge in [0.2, 0.25) is 0 Å². The third-order valence-corrected chi connectivity index (χ3v) is 3.57. The standard InChI is InChI=1S/C18H18NO2/c1-20-17-6-3-14(4-7-17)12-19-10-9-15-11-18(21-2)8-5-16(15)13-19/h3-11,13H,12H2,1-2H3/q+1. The molecule has 0 aliphatic heterocycles. The molecule has 0 spiro atoms. The molecule has 0 saturated heterocycles. The summed E-state index contributed by atoms with van der Waals surface area (Å²) in [6.07, 6.45) is 4.24. The lowest BCUT2D eigenvalue weighted by atomic mass is 10.1. The van der Waals surface area contributed by atoms with Gasteiger partial charge >= 0.3 is 0 Å². The number of fused-ring (bicyclic) bond motifs is 1. The molecule has 0 saturated carbocycles. The van der Waals surface area contributed by atoms with Gasteiger partial charge in [0.25, 0.3) is 0 Å². The number of rotatable bonds is 4. The molecule has 0 N–H and O–H groups in total. The van der Waals surface area contributed by atoms with E-state index in [1.54, 1.807) is 14.2 Å². The second-order valence-corrected chi connectivity index (χ2v) is 4.96. The summed E-state index contributed by atoms with van der Waals surface area (Å²) >= 11 is 0. The average molecular weight is 280 g/mol. The van der Waals surface area contributed by atoms with Crippen molar-refractivity contribution >= 4 is 10.8 Å². The van der Waals surface area contributed by atoms with Gasteiger partial charge in [-0.1, -0.05) is 0 Å². The zero-order valence-corrected chi connectivity index (χ0v) is 12.2. The van der Waals surface area contributed by atoms with Crippen molar-refractivity contribution in [1.29, 1.82) is 0 Å². The summed E-state index contributed by atoms with van der Waals surface area (Å²) in [6, 6.07) is 16.4. The second-order valence-electron chi connectivity index (χ2n) is 4.96. The van der Waals surface area contributed by atoms with E-state index in [0.717, 1.165) is 18.0 Å². The molecular weight excluding hydrogens is 262 g/mol. The molecule has 0 aliphatic carbocycles. The number of methoxy groups -OCH3 is 2. The number of pyridine rings is 1. The quantitative estimate of drug-likeness (QED) is 0.685. The third-order valence-electron chi connectivity index (χ3n) is 3.57. The first kappa shape index (κ1) is 13.4. The molecule has 0 bridgehead atoms. The predicted octanol–water partition coefficient (Wildman–Crippen LogP) is 3.19. The molecule has 0 aliphatic rings. The summed E-state index contributed by atoms with van der Waals surface area (Å²) in [6.45, 7) is 0.839. The van der Waals surface area contributed by atoms with Crippen molar-refractivity contribution in [3.63, 3.8) is 0 Å². The molecule has 1 heterocycles. The highest BCUT2D eigenvalue weighted by molar-refractivity contribution is 5.82. The lowest BCUT2D eigenvalue weighted by Crippen LogP contribution is -2.33. The lowest BCUT2D eigenvalue weighted by molar-refractivity contribution is -0.687. The molecule has 3 aromatic rings. The van der Waals surface area contributed by atoms with Gasteiger partial charge in [-0.15, -0.1) is 0 Å². The van der Waals surface area contributed by atoms with Crippen LogP contribution in [-0.2, 0) is 6.54 Å². The van der Waals surface area contributed by atoms with Crippen LogP contribution in [0.2, 0.25) is 0 Å². The highest BCUT2D eigenvalue weighted by Crippen LogP contribution is 2.19. The Labute approximate surface area is 124 Å². The van der Waals surface area contributed by atoms with Crippen LogP contribution in [0, 0.1) is 0 Å². The van der Waals surface area contributed by atoms with E-state index in [1.807, 2.05) is 24.3 Å². The SMILES string of the molecule is COc1ccc(C[n+]2ccc3cc(OC)ccc3c2)cc1. The maximum absolute atomic E-state index is 5.25. The molecule has 1 aromatic heterocycles. The van der Waals surface area contributed by atoms with Gasteiger partial charge in [0.1, 0.15) is 11.5 Å². The number of benzene rings is 2. The Hall–Kier alpha value is -2.55. The van der Waals surface area contributed by atoms with E-state index < -0.39 is 0 Å². The number of aromatic nitrogens is 1. The molecule has 0 amide bonds. The van der Waals surface area contributed by atoms with E-state index in [2.05, 4.69) is 41.2 Å². The maximum Gasteiger partial charge on any atom is 0.176 e. The van der Waals surface area contributed by atoms with Crippen molar-refractivity contribution in [3.8, 4) is 11.5 Å². The Balaban J connectivity index is 1.86.